The monoisotopic (exact) mass is 292 g/mol. The number of fused-ring (bicyclic) bond motifs is 1. The summed E-state index contributed by atoms with van der Waals surface area (Å²) in [5.74, 6) is 0.421. The van der Waals surface area contributed by atoms with Gasteiger partial charge in [0.15, 0.2) is 0 Å². The van der Waals surface area contributed by atoms with Gasteiger partial charge in [0, 0.05) is 16.8 Å². The van der Waals surface area contributed by atoms with Crippen molar-refractivity contribution in [2.45, 2.75) is 34.1 Å². The molecule has 2 nitrogen and oxygen atoms in total. The van der Waals surface area contributed by atoms with Gasteiger partial charge in [-0.1, -0.05) is 54.9 Å². The molecule has 0 unspecified atom stereocenters. The maximum atomic E-state index is 9.81. The lowest BCUT2D eigenvalue weighted by Crippen LogP contribution is -1.80. The maximum absolute atomic E-state index is 9.81. The van der Waals surface area contributed by atoms with Crippen LogP contribution in [0.25, 0.3) is 10.8 Å². The first-order valence-electron chi connectivity index (χ1n) is 6.48. The third kappa shape index (κ3) is 8.44. The van der Waals surface area contributed by atoms with E-state index in [2.05, 4.69) is 12.1 Å². The van der Waals surface area contributed by atoms with Gasteiger partial charge < -0.3 is 9.59 Å². The van der Waals surface area contributed by atoms with Crippen LogP contribution in [0.2, 0.25) is 5.02 Å². The lowest BCUT2D eigenvalue weighted by molar-refractivity contribution is -0.117. The van der Waals surface area contributed by atoms with Gasteiger partial charge in [-0.2, -0.15) is 0 Å². The summed E-state index contributed by atoms with van der Waals surface area (Å²) in [4.78, 5) is 19.3. The Balaban J connectivity index is 0.000000340. The second-order valence-electron chi connectivity index (χ2n) is 4.42. The molecule has 0 atom stereocenters. The topological polar surface area (TPSA) is 34.1 Å². The molecule has 0 amide bonds. The van der Waals surface area contributed by atoms with E-state index in [0.717, 1.165) is 10.4 Å². The molecule has 0 fully saturated rings. The molecular weight excluding hydrogens is 272 g/mol. The molecular formula is C17H21ClO2. The highest BCUT2D eigenvalue weighted by Crippen LogP contribution is 2.21. The van der Waals surface area contributed by atoms with Crippen LogP contribution in [-0.2, 0) is 9.59 Å². The minimum absolute atomic E-state index is 0.167. The summed E-state index contributed by atoms with van der Waals surface area (Å²) in [7, 11) is 0. The van der Waals surface area contributed by atoms with Crippen molar-refractivity contribution in [2.24, 2.45) is 0 Å². The number of hydrogen-bond donors (Lipinski definition) is 0. The average Bonchev–Trinajstić information content (AvgIpc) is 2.39. The first-order chi connectivity index (χ1) is 9.38. The first kappa shape index (κ1) is 18.3. The molecule has 2 aromatic carbocycles. The van der Waals surface area contributed by atoms with E-state index in [1.54, 1.807) is 6.92 Å². The van der Waals surface area contributed by atoms with E-state index in [9.17, 15) is 9.59 Å². The van der Waals surface area contributed by atoms with Gasteiger partial charge in [0.25, 0.3) is 0 Å². The molecule has 0 aliphatic rings. The number of ketones is 2. The number of rotatable bonds is 1. The van der Waals surface area contributed by atoms with E-state index in [1.807, 2.05) is 37.3 Å². The Labute approximate surface area is 125 Å². The van der Waals surface area contributed by atoms with Crippen molar-refractivity contribution in [3.63, 3.8) is 0 Å². The first-order valence-corrected chi connectivity index (χ1v) is 6.86. The predicted molar refractivity (Wildman–Crippen MR) is 86.3 cm³/mol. The summed E-state index contributed by atoms with van der Waals surface area (Å²) >= 11 is 5.96. The van der Waals surface area contributed by atoms with Crippen molar-refractivity contribution in [1.82, 2.24) is 0 Å². The molecule has 2 rings (SSSR count). The van der Waals surface area contributed by atoms with Gasteiger partial charge in [0.2, 0.25) is 0 Å². The van der Waals surface area contributed by atoms with Crippen LogP contribution in [-0.4, -0.2) is 11.6 Å². The molecule has 108 valence electrons. The fourth-order valence-corrected chi connectivity index (χ4v) is 1.43. The minimum Gasteiger partial charge on any atom is -0.300 e. The Morgan fingerprint density at radius 2 is 1.40 bits per heavy atom. The smallest absolute Gasteiger partial charge is 0.129 e. The summed E-state index contributed by atoms with van der Waals surface area (Å²) in [6.07, 6.45) is 0.667. The highest BCUT2D eigenvalue weighted by molar-refractivity contribution is 6.35. The number of carbonyl (C=O) groups excluding carboxylic acids is 2. The van der Waals surface area contributed by atoms with Crippen LogP contribution < -0.4 is 0 Å². The summed E-state index contributed by atoms with van der Waals surface area (Å²) in [6.45, 7) is 6.49. The lowest BCUT2D eigenvalue weighted by Gasteiger charge is -1.97. The number of Topliss-reactive ketones (excluding diaryl/α,β-unsaturated/α-hetero) is 2. The van der Waals surface area contributed by atoms with Gasteiger partial charge in [0.05, 0.1) is 0 Å². The Bertz CT molecular complexity index is 552. The average molecular weight is 293 g/mol. The Hall–Kier alpha value is -1.67. The number of halogens is 1. The third-order valence-corrected chi connectivity index (χ3v) is 2.56. The van der Waals surface area contributed by atoms with Crippen LogP contribution in [0, 0.1) is 0 Å². The van der Waals surface area contributed by atoms with Gasteiger partial charge in [-0.3, -0.25) is 0 Å². The maximum Gasteiger partial charge on any atom is 0.129 e. The van der Waals surface area contributed by atoms with E-state index in [-0.39, 0.29) is 11.6 Å². The van der Waals surface area contributed by atoms with Crippen molar-refractivity contribution in [1.29, 1.82) is 0 Å². The molecule has 0 N–H and O–H groups in total. The number of benzene rings is 2. The van der Waals surface area contributed by atoms with Gasteiger partial charge in [-0.25, -0.2) is 0 Å². The van der Waals surface area contributed by atoms with Crippen LogP contribution in [0.3, 0.4) is 0 Å². The van der Waals surface area contributed by atoms with Crippen molar-refractivity contribution >= 4 is 33.9 Å². The van der Waals surface area contributed by atoms with Crippen LogP contribution >= 0.6 is 11.6 Å². The Morgan fingerprint density at radius 1 is 0.950 bits per heavy atom. The Kier molecular flexibility index (Phi) is 9.31. The van der Waals surface area contributed by atoms with Crippen molar-refractivity contribution in [3.8, 4) is 0 Å². The standard InChI is InChI=1S/C10H7Cl.C4H8O.C3H6O/c11-10-7-3-5-8-4-1-2-6-9(8)10;1-3-4(2)5;1-3(2)4/h1-7H;3H2,1-2H3;1-2H3. The molecule has 3 heteroatoms. The third-order valence-electron chi connectivity index (χ3n) is 2.23. The molecule has 0 aliphatic heterocycles. The molecule has 0 saturated carbocycles. The summed E-state index contributed by atoms with van der Waals surface area (Å²) in [5, 5.41) is 3.14. The highest BCUT2D eigenvalue weighted by atomic mass is 35.5. The molecule has 20 heavy (non-hydrogen) atoms. The van der Waals surface area contributed by atoms with Gasteiger partial charge in [-0.05, 0) is 32.2 Å². The van der Waals surface area contributed by atoms with E-state index in [0.29, 0.717) is 6.42 Å². The van der Waals surface area contributed by atoms with E-state index in [4.69, 9.17) is 11.6 Å². The molecule has 0 saturated heterocycles. The molecule has 0 heterocycles. The quantitative estimate of drug-likeness (QED) is 0.735. The van der Waals surface area contributed by atoms with Crippen molar-refractivity contribution in [3.05, 3.63) is 47.5 Å². The summed E-state index contributed by atoms with van der Waals surface area (Å²) < 4.78 is 0. The predicted octanol–water partition coefficient (Wildman–Crippen LogP) is 5.07. The number of hydrogen-bond acceptors (Lipinski definition) is 2. The minimum atomic E-state index is 0.167. The zero-order valence-electron chi connectivity index (χ0n) is 12.4. The number of carbonyl (C=O) groups is 2. The van der Waals surface area contributed by atoms with E-state index >= 15 is 0 Å². The van der Waals surface area contributed by atoms with Gasteiger partial charge in [0.1, 0.15) is 11.6 Å². The molecule has 0 aromatic heterocycles. The van der Waals surface area contributed by atoms with Crippen molar-refractivity contribution in [2.75, 3.05) is 0 Å². The SMILES string of the molecule is CC(C)=O.CCC(C)=O.Clc1cccc2ccccc12. The van der Waals surface area contributed by atoms with Crippen LogP contribution in [0.4, 0.5) is 0 Å². The van der Waals surface area contributed by atoms with E-state index in [1.165, 1.54) is 19.2 Å². The van der Waals surface area contributed by atoms with E-state index < -0.39 is 0 Å². The van der Waals surface area contributed by atoms with Crippen LogP contribution in [0.15, 0.2) is 42.5 Å². The van der Waals surface area contributed by atoms with Crippen LogP contribution in [0.5, 0.6) is 0 Å². The fourth-order valence-electron chi connectivity index (χ4n) is 1.19. The molecule has 0 radical (unpaired) electrons. The largest absolute Gasteiger partial charge is 0.300 e. The van der Waals surface area contributed by atoms with Gasteiger partial charge in [-0.15, -0.1) is 0 Å². The van der Waals surface area contributed by atoms with Crippen molar-refractivity contribution < 1.29 is 9.59 Å². The lowest BCUT2D eigenvalue weighted by atomic mass is 10.1. The highest BCUT2D eigenvalue weighted by Gasteiger charge is 1.93. The van der Waals surface area contributed by atoms with Crippen LogP contribution in [0.1, 0.15) is 34.1 Å². The molecule has 2 aromatic rings. The second-order valence-corrected chi connectivity index (χ2v) is 4.83. The normalized spacial score (nSPS) is 8.85. The fraction of sp³-hybridized carbons (Fsp3) is 0.294. The molecule has 0 aliphatic carbocycles. The zero-order chi connectivity index (χ0) is 15.5. The Morgan fingerprint density at radius 3 is 1.85 bits per heavy atom. The molecule has 0 spiro atoms. The zero-order valence-corrected chi connectivity index (χ0v) is 13.2. The summed E-state index contributed by atoms with van der Waals surface area (Å²) in [5.41, 5.74) is 0. The molecule has 0 bridgehead atoms. The summed E-state index contributed by atoms with van der Waals surface area (Å²) in [6, 6.07) is 14.0. The van der Waals surface area contributed by atoms with Gasteiger partial charge >= 0.3 is 0 Å². The second kappa shape index (κ2) is 10.2.